The fourth-order valence-electron chi connectivity index (χ4n) is 2.18. The van der Waals surface area contributed by atoms with Crippen molar-refractivity contribution in [3.8, 4) is 0 Å². The molecule has 1 amide bonds. The first-order valence-corrected chi connectivity index (χ1v) is 7.06. The van der Waals surface area contributed by atoms with Gasteiger partial charge in [0.15, 0.2) is 0 Å². The van der Waals surface area contributed by atoms with Crippen LogP contribution in [0.3, 0.4) is 0 Å². The molecular formula is C14H26N2O3. The average Bonchev–Trinajstić information content (AvgIpc) is 2.38. The second kappa shape index (κ2) is 7.48. The summed E-state index contributed by atoms with van der Waals surface area (Å²) in [4.78, 5) is 25.1. The van der Waals surface area contributed by atoms with Gasteiger partial charge in [-0.1, -0.05) is 6.92 Å². The van der Waals surface area contributed by atoms with Gasteiger partial charge >= 0.3 is 5.97 Å². The smallest absolute Gasteiger partial charge is 0.306 e. The Morgan fingerprint density at radius 1 is 1.26 bits per heavy atom. The molecule has 1 saturated heterocycles. The van der Waals surface area contributed by atoms with E-state index in [-0.39, 0.29) is 30.1 Å². The van der Waals surface area contributed by atoms with E-state index in [0.29, 0.717) is 13.2 Å². The normalized spacial score (nSPS) is 18.9. The minimum Gasteiger partial charge on any atom is -0.466 e. The molecule has 1 N–H and O–H groups in total. The maximum atomic E-state index is 11.7. The minimum atomic E-state index is -0.303. The topological polar surface area (TPSA) is 58.6 Å². The van der Waals surface area contributed by atoms with Crippen LogP contribution in [0.15, 0.2) is 0 Å². The molecule has 19 heavy (non-hydrogen) atoms. The number of nitrogens with zero attached hydrogens (tertiary/aromatic N) is 1. The molecule has 5 nitrogen and oxygen atoms in total. The zero-order valence-electron chi connectivity index (χ0n) is 12.3. The summed E-state index contributed by atoms with van der Waals surface area (Å²) in [7, 11) is 2.12. The number of hydrogen-bond acceptors (Lipinski definition) is 4. The first-order valence-electron chi connectivity index (χ1n) is 7.06. The van der Waals surface area contributed by atoms with Crippen LogP contribution in [0.1, 0.15) is 39.5 Å². The summed E-state index contributed by atoms with van der Waals surface area (Å²) in [6, 6.07) is 0. The molecule has 0 aromatic heterocycles. The van der Waals surface area contributed by atoms with E-state index in [1.54, 1.807) is 6.92 Å². The number of amides is 1. The van der Waals surface area contributed by atoms with E-state index in [0.717, 1.165) is 25.9 Å². The standard InChI is InChI=1S/C14H26N2O3/c1-4-19-13(18)6-5-12(17)15-11-14(2)7-9-16(3)10-8-14/h4-11H2,1-3H3,(H,15,17). The monoisotopic (exact) mass is 270 g/mol. The predicted molar refractivity (Wildman–Crippen MR) is 73.7 cm³/mol. The van der Waals surface area contributed by atoms with Gasteiger partial charge in [0.2, 0.25) is 5.91 Å². The lowest BCUT2D eigenvalue weighted by Gasteiger charge is -2.37. The molecule has 0 saturated carbocycles. The number of ether oxygens (including phenoxy) is 1. The molecule has 1 fully saturated rings. The zero-order valence-corrected chi connectivity index (χ0v) is 12.3. The number of carbonyl (C=O) groups is 2. The van der Waals surface area contributed by atoms with Gasteiger partial charge in [-0.15, -0.1) is 0 Å². The van der Waals surface area contributed by atoms with E-state index < -0.39 is 0 Å². The Morgan fingerprint density at radius 2 is 1.89 bits per heavy atom. The third-order valence-electron chi connectivity index (χ3n) is 3.77. The summed E-state index contributed by atoms with van der Waals surface area (Å²) in [5.74, 6) is -0.364. The molecular weight excluding hydrogens is 244 g/mol. The fraction of sp³-hybridized carbons (Fsp3) is 0.857. The maximum Gasteiger partial charge on any atom is 0.306 e. The van der Waals surface area contributed by atoms with Crippen LogP contribution >= 0.6 is 0 Å². The second-order valence-electron chi connectivity index (χ2n) is 5.70. The molecule has 0 atom stereocenters. The van der Waals surface area contributed by atoms with Crippen LogP contribution in [0.25, 0.3) is 0 Å². The molecule has 1 heterocycles. The van der Waals surface area contributed by atoms with Crippen molar-refractivity contribution in [1.29, 1.82) is 0 Å². The minimum absolute atomic E-state index is 0.0618. The third kappa shape index (κ3) is 6.05. The van der Waals surface area contributed by atoms with E-state index in [1.165, 1.54) is 0 Å². The Bertz CT molecular complexity index is 310. The van der Waals surface area contributed by atoms with E-state index in [1.807, 2.05) is 0 Å². The van der Waals surface area contributed by atoms with Crippen molar-refractivity contribution >= 4 is 11.9 Å². The van der Waals surface area contributed by atoms with Crippen molar-refractivity contribution in [1.82, 2.24) is 10.2 Å². The number of piperidine rings is 1. The Balaban J connectivity index is 2.21. The molecule has 0 bridgehead atoms. The van der Waals surface area contributed by atoms with Crippen molar-refractivity contribution in [2.24, 2.45) is 5.41 Å². The average molecular weight is 270 g/mol. The molecule has 0 aromatic carbocycles. The molecule has 1 aliphatic rings. The highest BCUT2D eigenvalue weighted by Crippen LogP contribution is 2.29. The lowest BCUT2D eigenvalue weighted by Crippen LogP contribution is -2.43. The van der Waals surface area contributed by atoms with Gasteiger partial charge < -0.3 is 15.0 Å². The molecule has 1 aliphatic heterocycles. The van der Waals surface area contributed by atoms with E-state index in [2.05, 4.69) is 24.2 Å². The number of likely N-dealkylation sites (tertiary alicyclic amines) is 1. The van der Waals surface area contributed by atoms with Crippen LogP contribution in [0.5, 0.6) is 0 Å². The van der Waals surface area contributed by atoms with Crippen molar-refractivity contribution < 1.29 is 14.3 Å². The summed E-state index contributed by atoms with van der Waals surface area (Å²) in [5.41, 5.74) is 0.187. The number of esters is 1. The zero-order chi connectivity index (χ0) is 14.3. The molecule has 0 unspecified atom stereocenters. The van der Waals surface area contributed by atoms with Gasteiger partial charge in [-0.05, 0) is 45.3 Å². The summed E-state index contributed by atoms with van der Waals surface area (Å²) in [6.07, 6.45) is 2.58. The van der Waals surface area contributed by atoms with Gasteiger partial charge in [-0.2, -0.15) is 0 Å². The molecule has 110 valence electrons. The molecule has 0 aliphatic carbocycles. The summed E-state index contributed by atoms with van der Waals surface area (Å²) in [5, 5.41) is 2.94. The van der Waals surface area contributed by atoms with Crippen molar-refractivity contribution in [3.05, 3.63) is 0 Å². The Hall–Kier alpha value is -1.10. The van der Waals surface area contributed by atoms with Gasteiger partial charge in [-0.3, -0.25) is 9.59 Å². The van der Waals surface area contributed by atoms with E-state index >= 15 is 0 Å². The van der Waals surface area contributed by atoms with Gasteiger partial charge in [0.05, 0.1) is 13.0 Å². The fourth-order valence-corrected chi connectivity index (χ4v) is 2.18. The van der Waals surface area contributed by atoms with Crippen molar-refractivity contribution in [3.63, 3.8) is 0 Å². The maximum absolute atomic E-state index is 11.7. The largest absolute Gasteiger partial charge is 0.466 e. The second-order valence-corrected chi connectivity index (χ2v) is 5.70. The number of rotatable bonds is 6. The van der Waals surface area contributed by atoms with Gasteiger partial charge in [0.1, 0.15) is 0 Å². The predicted octanol–water partition coefficient (Wildman–Crippen LogP) is 1.18. The Kier molecular flexibility index (Phi) is 6.28. The van der Waals surface area contributed by atoms with Crippen LogP contribution in [0.2, 0.25) is 0 Å². The molecule has 0 spiro atoms. The molecule has 0 aromatic rings. The highest BCUT2D eigenvalue weighted by Gasteiger charge is 2.29. The van der Waals surface area contributed by atoms with Crippen LogP contribution in [-0.2, 0) is 14.3 Å². The third-order valence-corrected chi connectivity index (χ3v) is 3.77. The first kappa shape index (κ1) is 16.0. The highest BCUT2D eigenvalue weighted by atomic mass is 16.5. The summed E-state index contributed by atoms with van der Waals surface area (Å²) < 4.78 is 4.79. The molecule has 0 radical (unpaired) electrons. The van der Waals surface area contributed by atoms with Crippen LogP contribution in [-0.4, -0.2) is 50.1 Å². The Labute approximate surface area is 115 Å². The molecule has 5 heteroatoms. The molecule has 1 rings (SSSR count). The van der Waals surface area contributed by atoms with E-state index in [9.17, 15) is 9.59 Å². The van der Waals surface area contributed by atoms with Gasteiger partial charge in [-0.25, -0.2) is 0 Å². The van der Waals surface area contributed by atoms with Crippen LogP contribution < -0.4 is 5.32 Å². The number of hydrogen-bond donors (Lipinski definition) is 1. The number of nitrogens with one attached hydrogen (secondary N) is 1. The van der Waals surface area contributed by atoms with Crippen LogP contribution in [0, 0.1) is 5.41 Å². The SMILES string of the molecule is CCOC(=O)CCC(=O)NCC1(C)CCN(C)CC1. The van der Waals surface area contributed by atoms with Crippen molar-refractivity contribution in [2.75, 3.05) is 33.3 Å². The lowest BCUT2D eigenvalue weighted by molar-refractivity contribution is -0.144. The van der Waals surface area contributed by atoms with Crippen LogP contribution in [0.4, 0.5) is 0 Å². The summed E-state index contributed by atoms with van der Waals surface area (Å²) in [6.45, 7) is 7.20. The van der Waals surface area contributed by atoms with Gasteiger partial charge in [0, 0.05) is 13.0 Å². The number of carbonyl (C=O) groups excluding carboxylic acids is 2. The van der Waals surface area contributed by atoms with Gasteiger partial charge in [0.25, 0.3) is 0 Å². The summed E-state index contributed by atoms with van der Waals surface area (Å²) >= 11 is 0. The lowest BCUT2D eigenvalue weighted by atomic mass is 9.80. The first-order chi connectivity index (χ1) is 8.95. The Morgan fingerprint density at radius 3 is 2.47 bits per heavy atom. The van der Waals surface area contributed by atoms with E-state index in [4.69, 9.17) is 4.74 Å². The highest BCUT2D eigenvalue weighted by molar-refractivity contribution is 5.81. The quantitative estimate of drug-likeness (QED) is 0.736. The van der Waals surface area contributed by atoms with Crippen molar-refractivity contribution in [2.45, 2.75) is 39.5 Å².